The maximum atomic E-state index is 13.5. The summed E-state index contributed by atoms with van der Waals surface area (Å²) < 4.78 is 54.8. The number of esters is 1. The molecule has 100 valence electrons. The van der Waals surface area contributed by atoms with Crippen molar-refractivity contribution in [3.8, 4) is 0 Å². The van der Waals surface area contributed by atoms with E-state index in [-0.39, 0.29) is 12.2 Å². The fourth-order valence-corrected chi connectivity index (χ4v) is 1.34. The zero-order valence-corrected chi connectivity index (χ0v) is 9.71. The Labute approximate surface area is 101 Å². The molecule has 0 saturated heterocycles. The van der Waals surface area contributed by atoms with Crippen molar-refractivity contribution in [2.45, 2.75) is 6.18 Å². The molecule has 3 nitrogen and oxygen atoms in total. The third kappa shape index (κ3) is 3.35. The van der Waals surface area contributed by atoms with E-state index in [0.717, 1.165) is 12.1 Å². The largest absolute Gasteiger partial charge is 0.468 e. The summed E-state index contributed by atoms with van der Waals surface area (Å²) in [6.07, 6.45) is -4.60. The van der Waals surface area contributed by atoms with E-state index in [9.17, 15) is 22.4 Å². The van der Waals surface area contributed by atoms with Gasteiger partial charge in [0.2, 0.25) is 0 Å². The number of carbonyl (C=O) groups is 1. The topological polar surface area (TPSA) is 29.5 Å². The van der Waals surface area contributed by atoms with Crippen molar-refractivity contribution >= 4 is 11.7 Å². The molecule has 0 aromatic heterocycles. The van der Waals surface area contributed by atoms with Crippen LogP contribution in [0.15, 0.2) is 18.2 Å². The van der Waals surface area contributed by atoms with Gasteiger partial charge in [0.1, 0.15) is 12.4 Å². The summed E-state index contributed by atoms with van der Waals surface area (Å²) in [4.78, 5) is 12.1. The van der Waals surface area contributed by atoms with Gasteiger partial charge in [0, 0.05) is 7.05 Å². The first-order chi connectivity index (χ1) is 8.25. The van der Waals surface area contributed by atoms with Crippen LogP contribution in [0.3, 0.4) is 0 Å². The summed E-state index contributed by atoms with van der Waals surface area (Å²) in [5.74, 6) is -1.66. The summed E-state index contributed by atoms with van der Waals surface area (Å²) in [5, 5.41) is 0. The number of likely N-dealkylation sites (N-methyl/N-ethyl adjacent to an activating group) is 1. The maximum Gasteiger partial charge on any atom is 0.416 e. The highest BCUT2D eigenvalue weighted by molar-refractivity contribution is 5.75. The Bertz CT molecular complexity index is 445. The van der Waals surface area contributed by atoms with Crippen molar-refractivity contribution in [1.29, 1.82) is 0 Å². The minimum Gasteiger partial charge on any atom is -0.468 e. The van der Waals surface area contributed by atoms with Gasteiger partial charge in [-0.25, -0.2) is 4.39 Å². The SMILES string of the molecule is COC(=O)CN(C)c1ccc(C(F)(F)F)cc1F. The standard InChI is InChI=1S/C11H11F4NO2/c1-16(6-10(17)18-2)9-4-3-7(5-8(9)12)11(13,14)15/h3-5H,6H2,1-2H3. The fourth-order valence-electron chi connectivity index (χ4n) is 1.34. The predicted molar refractivity (Wildman–Crippen MR) is 56.7 cm³/mol. The van der Waals surface area contributed by atoms with Gasteiger partial charge >= 0.3 is 12.1 Å². The molecule has 0 spiro atoms. The number of nitrogens with zero attached hydrogens (tertiary/aromatic N) is 1. The molecule has 1 rings (SSSR count). The second-order valence-corrected chi connectivity index (χ2v) is 3.60. The zero-order chi connectivity index (χ0) is 13.9. The Kier molecular flexibility index (Phi) is 4.15. The van der Waals surface area contributed by atoms with E-state index >= 15 is 0 Å². The lowest BCUT2D eigenvalue weighted by molar-refractivity contribution is -0.139. The van der Waals surface area contributed by atoms with Gasteiger partial charge in [0.05, 0.1) is 18.4 Å². The van der Waals surface area contributed by atoms with Crippen LogP contribution in [0, 0.1) is 5.82 Å². The number of benzene rings is 1. The Morgan fingerprint density at radius 2 is 2.00 bits per heavy atom. The fraction of sp³-hybridized carbons (Fsp3) is 0.364. The minimum absolute atomic E-state index is 0.103. The van der Waals surface area contributed by atoms with E-state index in [1.807, 2.05) is 0 Å². The van der Waals surface area contributed by atoms with Crippen LogP contribution in [0.4, 0.5) is 23.2 Å². The molecule has 0 aliphatic rings. The Balaban J connectivity index is 2.95. The number of halogens is 4. The Morgan fingerprint density at radius 1 is 1.39 bits per heavy atom. The summed E-state index contributed by atoms with van der Waals surface area (Å²) in [6, 6.07) is 2.12. The van der Waals surface area contributed by atoms with Crippen molar-refractivity contribution in [3.63, 3.8) is 0 Å². The molecule has 0 amide bonds. The second-order valence-electron chi connectivity index (χ2n) is 3.60. The van der Waals surface area contributed by atoms with Crippen LogP contribution in [-0.4, -0.2) is 26.7 Å². The van der Waals surface area contributed by atoms with Crippen LogP contribution in [0.1, 0.15) is 5.56 Å². The zero-order valence-electron chi connectivity index (χ0n) is 9.71. The number of rotatable bonds is 3. The lowest BCUT2D eigenvalue weighted by Crippen LogP contribution is -2.27. The summed E-state index contributed by atoms with van der Waals surface area (Å²) in [6.45, 7) is -0.251. The molecule has 0 unspecified atom stereocenters. The number of carbonyl (C=O) groups excluding carboxylic acids is 1. The highest BCUT2D eigenvalue weighted by Gasteiger charge is 2.31. The Morgan fingerprint density at radius 3 is 2.44 bits per heavy atom. The minimum atomic E-state index is -4.60. The van der Waals surface area contributed by atoms with Crippen molar-refractivity contribution in [1.82, 2.24) is 0 Å². The molecule has 0 fully saturated rings. The molecular formula is C11H11F4NO2. The van der Waals surface area contributed by atoms with E-state index in [1.54, 1.807) is 0 Å². The van der Waals surface area contributed by atoms with Crippen LogP contribution >= 0.6 is 0 Å². The van der Waals surface area contributed by atoms with E-state index < -0.39 is 23.5 Å². The van der Waals surface area contributed by atoms with Gasteiger partial charge in [-0.2, -0.15) is 13.2 Å². The Hall–Kier alpha value is -1.79. The summed E-state index contributed by atoms with van der Waals surface area (Å²) in [7, 11) is 2.54. The van der Waals surface area contributed by atoms with Crippen molar-refractivity contribution in [2.24, 2.45) is 0 Å². The van der Waals surface area contributed by atoms with Gasteiger partial charge in [-0.15, -0.1) is 0 Å². The number of methoxy groups -OCH3 is 1. The van der Waals surface area contributed by atoms with Gasteiger partial charge in [-0.1, -0.05) is 0 Å². The van der Waals surface area contributed by atoms with Crippen LogP contribution in [0.2, 0.25) is 0 Å². The number of hydrogen-bond acceptors (Lipinski definition) is 3. The molecule has 1 aromatic rings. The lowest BCUT2D eigenvalue weighted by atomic mass is 10.2. The molecule has 7 heteroatoms. The smallest absolute Gasteiger partial charge is 0.416 e. The number of ether oxygens (including phenoxy) is 1. The van der Waals surface area contributed by atoms with Gasteiger partial charge in [0.15, 0.2) is 0 Å². The van der Waals surface area contributed by atoms with Crippen molar-refractivity contribution in [3.05, 3.63) is 29.6 Å². The van der Waals surface area contributed by atoms with Crippen LogP contribution in [-0.2, 0) is 15.7 Å². The molecule has 0 atom stereocenters. The molecule has 0 N–H and O–H groups in total. The van der Waals surface area contributed by atoms with Gasteiger partial charge in [0.25, 0.3) is 0 Å². The van der Waals surface area contributed by atoms with Crippen molar-refractivity contribution in [2.75, 3.05) is 25.6 Å². The molecule has 0 heterocycles. The van der Waals surface area contributed by atoms with Gasteiger partial charge < -0.3 is 9.64 Å². The molecule has 0 aliphatic heterocycles. The number of anilines is 1. The molecular weight excluding hydrogens is 254 g/mol. The van der Waals surface area contributed by atoms with Crippen molar-refractivity contribution < 1.29 is 27.1 Å². The molecule has 0 bridgehead atoms. The lowest BCUT2D eigenvalue weighted by Gasteiger charge is -2.19. The summed E-state index contributed by atoms with van der Waals surface area (Å²) >= 11 is 0. The maximum absolute atomic E-state index is 13.5. The van der Waals surface area contributed by atoms with Gasteiger partial charge in [-0.3, -0.25) is 4.79 Å². The summed E-state index contributed by atoms with van der Waals surface area (Å²) in [5.41, 5.74) is -1.18. The third-order valence-corrected chi connectivity index (χ3v) is 2.28. The molecule has 1 aromatic carbocycles. The number of alkyl halides is 3. The van der Waals surface area contributed by atoms with E-state index in [1.165, 1.54) is 19.1 Å². The van der Waals surface area contributed by atoms with Crippen LogP contribution in [0.5, 0.6) is 0 Å². The highest BCUT2D eigenvalue weighted by Crippen LogP contribution is 2.31. The van der Waals surface area contributed by atoms with Crippen LogP contribution < -0.4 is 4.90 Å². The first kappa shape index (κ1) is 14.3. The van der Waals surface area contributed by atoms with Gasteiger partial charge in [-0.05, 0) is 18.2 Å². The van der Waals surface area contributed by atoms with E-state index in [2.05, 4.69) is 4.74 Å². The van der Waals surface area contributed by atoms with E-state index in [0.29, 0.717) is 6.07 Å². The molecule has 18 heavy (non-hydrogen) atoms. The highest BCUT2D eigenvalue weighted by atomic mass is 19.4. The third-order valence-electron chi connectivity index (χ3n) is 2.28. The van der Waals surface area contributed by atoms with Crippen LogP contribution in [0.25, 0.3) is 0 Å². The first-order valence-electron chi connectivity index (χ1n) is 4.90. The molecule has 0 aliphatic carbocycles. The second kappa shape index (κ2) is 5.24. The van der Waals surface area contributed by atoms with E-state index in [4.69, 9.17) is 0 Å². The average Bonchev–Trinajstić information content (AvgIpc) is 2.27. The first-order valence-corrected chi connectivity index (χ1v) is 4.90. The molecule has 0 radical (unpaired) electrons. The normalized spacial score (nSPS) is 11.2. The quantitative estimate of drug-likeness (QED) is 0.621. The average molecular weight is 265 g/mol. The molecule has 0 saturated carbocycles. The monoisotopic (exact) mass is 265 g/mol. The number of hydrogen-bond donors (Lipinski definition) is 0. The predicted octanol–water partition coefficient (Wildman–Crippen LogP) is 2.45.